The maximum absolute atomic E-state index is 12.0. The number of nitrogens with one attached hydrogen (secondary N) is 1. The van der Waals surface area contributed by atoms with Gasteiger partial charge in [-0.1, -0.05) is 32.3 Å². The monoisotopic (exact) mass is 339 g/mol. The van der Waals surface area contributed by atoms with Crippen LogP contribution >= 0.6 is 10.7 Å². The normalized spacial score (nSPS) is 12.5. The lowest BCUT2D eigenvalue weighted by atomic mass is 10.2. The highest BCUT2D eigenvalue weighted by atomic mass is 35.7. The molecule has 0 aliphatic heterocycles. The van der Waals surface area contributed by atoms with E-state index in [-0.39, 0.29) is 9.79 Å². The average molecular weight is 340 g/mol. The van der Waals surface area contributed by atoms with Crippen LogP contribution in [0.1, 0.15) is 32.6 Å². The Morgan fingerprint density at radius 2 is 1.70 bits per heavy atom. The minimum absolute atomic E-state index is 0.102. The maximum Gasteiger partial charge on any atom is 0.261 e. The van der Waals surface area contributed by atoms with Crippen molar-refractivity contribution in [2.24, 2.45) is 0 Å². The van der Waals surface area contributed by atoms with E-state index in [0.717, 1.165) is 31.7 Å². The molecule has 0 heterocycles. The molecule has 0 radical (unpaired) electrons. The van der Waals surface area contributed by atoms with Gasteiger partial charge in [-0.3, -0.25) is 0 Å². The van der Waals surface area contributed by atoms with E-state index in [1.54, 1.807) is 0 Å². The molecule has 0 saturated carbocycles. The Labute approximate surface area is 124 Å². The SMILES string of the molecule is CCCCCCNS(=O)(=O)c1cccc(S(=O)(=O)Cl)c1. The van der Waals surface area contributed by atoms with Gasteiger partial charge in [-0.15, -0.1) is 0 Å². The van der Waals surface area contributed by atoms with Gasteiger partial charge in [0, 0.05) is 17.2 Å². The molecular formula is C12H18ClNO4S2. The maximum atomic E-state index is 12.0. The molecule has 0 atom stereocenters. The predicted octanol–water partition coefficient (Wildman–Crippen LogP) is 2.47. The van der Waals surface area contributed by atoms with Gasteiger partial charge in [0.1, 0.15) is 0 Å². The van der Waals surface area contributed by atoms with Crippen LogP contribution in [0.2, 0.25) is 0 Å². The summed E-state index contributed by atoms with van der Waals surface area (Å²) in [6, 6.07) is 4.99. The summed E-state index contributed by atoms with van der Waals surface area (Å²) in [6.07, 6.45) is 3.83. The smallest absolute Gasteiger partial charge is 0.211 e. The lowest BCUT2D eigenvalue weighted by Crippen LogP contribution is -2.24. The summed E-state index contributed by atoms with van der Waals surface area (Å²) in [4.78, 5) is -0.331. The van der Waals surface area contributed by atoms with E-state index in [1.807, 2.05) is 0 Å². The van der Waals surface area contributed by atoms with Crippen molar-refractivity contribution in [1.29, 1.82) is 0 Å². The number of unbranched alkanes of at least 4 members (excludes halogenated alkanes) is 3. The van der Waals surface area contributed by atoms with Crippen molar-refractivity contribution in [3.8, 4) is 0 Å². The summed E-state index contributed by atoms with van der Waals surface area (Å²) in [5, 5.41) is 0. The zero-order valence-corrected chi connectivity index (χ0v) is 13.6. The van der Waals surface area contributed by atoms with Gasteiger partial charge in [-0.2, -0.15) is 0 Å². The molecule has 8 heteroatoms. The van der Waals surface area contributed by atoms with E-state index in [2.05, 4.69) is 11.6 Å². The third-order valence-electron chi connectivity index (χ3n) is 2.72. The van der Waals surface area contributed by atoms with Gasteiger partial charge in [0.05, 0.1) is 9.79 Å². The van der Waals surface area contributed by atoms with Gasteiger partial charge in [-0.05, 0) is 24.6 Å². The Hall–Kier alpha value is -0.630. The topological polar surface area (TPSA) is 80.3 Å². The first kappa shape index (κ1) is 17.4. The summed E-state index contributed by atoms with van der Waals surface area (Å²) in [5.41, 5.74) is 0. The molecule has 1 rings (SSSR count). The Bertz CT molecular complexity index is 641. The summed E-state index contributed by atoms with van der Waals surface area (Å²) in [6.45, 7) is 2.41. The zero-order valence-electron chi connectivity index (χ0n) is 11.2. The van der Waals surface area contributed by atoms with Gasteiger partial charge in [0.15, 0.2) is 0 Å². The van der Waals surface area contributed by atoms with E-state index >= 15 is 0 Å². The van der Waals surface area contributed by atoms with E-state index in [1.165, 1.54) is 18.2 Å². The van der Waals surface area contributed by atoms with Crippen molar-refractivity contribution in [3.63, 3.8) is 0 Å². The second kappa shape index (κ2) is 7.40. The Morgan fingerprint density at radius 3 is 2.30 bits per heavy atom. The molecule has 0 saturated heterocycles. The van der Waals surface area contributed by atoms with Crippen LogP contribution in [-0.2, 0) is 19.1 Å². The second-order valence-corrected chi connectivity index (χ2v) is 8.70. The average Bonchev–Trinajstić information content (AvgIpc) is 2.37. The van der Waals surface area contributed by atoms with E-state index < -0.39 is 19.1 Å². The first-order chi connectivity index (χ1) is 9.27. The van der Waals surface area contributed by atoms with Crippen LogP contribution in [0.5, 0.6) is 0 Å². The van der Waals surface area contributed by atoms with Crippen molar-refractivity contribution >= 4 is 29.8 Å². The molecule has 0 aliphatic rings. The van der Waals surface area contributed by atoms with Crippen LogP contribution in [0.25, 0.3) is 0 Å². The number of halogens is 1. The molecular weight excluding hydrogens is 322 g/mol. The highest BCUT2D eigenvalue weighted by Crippen LogP contribution is 2.19. The lowest BCUT2D eigenvalue weighted by Gasteiger charge is -2.07. The third kappa shape index (κ3) is 5.40. The van der Waals surface area contributed by atoms with Crippen molar-refractivity contribution in [1.82, 2.24) is 4.72 Å². The zero-order chi connectivity index (χ0) is 15.2. The lowest BCUT2D eigenvalue weighted by molar-refractivity contribution is 0.573. The largest absolute Gasteiger partial charge is 0.261 e. The van der Waals surface area contributed by atoms with Crippen LogP contribution in [-0.4, -0.2) is 23.4 Å². The van der Waals surface area contributed by atoms with Gasteiger partial charge in [0.2, 0.25) is 10.0 Å². The fourth-order valence-electron chi connectivity index (χ4n) is 1.63. The van der Waals surface area contributed by atoms with Gasteiger partial charge in [0.25, 0.3) is 9.05 Å². The van der Waals surface area contributed by atoms with Gasteiger partial charge >= 0.3 is 0 Å². The molecule has 1 aromatic carbocycles. The van der Waals surface area contributed by atoms with Crippen molar-refractivity contribution < 1.29 is 16.8 Å². The quantitative estimate of drug-likeness (QED) is 0.582. The van der Waals surface area contributed by atoms with Crippen LogP contribution < -0.4 is 4.72 Å². The van der Waals surface area contributed by atoms with Crippen LogP contribution in [0.4, 0.5) is 0 Å². The predicted molar refractivity (Wildman–Crippen MR) is 78.8 cm³/mol. The Kier molecular flexibility index (Phi) is 6.44. The molecule has 114 valence electrons. The fourth-order valence-corrected chi connectivity index (χ4v) is 3.63. The second-order valence-electron chi connectivity index (χ2n) is 4.37. The third-order valence-corrected chi connectivity index (χ3v) is 5.53. The number of benzene rings is 1. The first-order valence-corrected chi connectivity index (χ1v) is 10.1. The fraction of sp³-hybridized carbons (Fsp3) is 0.500. The molecule has 0 bridgehead atoms. The molecule has 0 aliphatic carbocycles. The number of sulfonamides is 1. The van der Waals surface area contributed by atoms with Gasteiger partial charge in [-0.25, -0.2) is 21.6 Å². The number of rotatable bonds is 8. The molecule has 0 amide bonds. The minimum atomic E-state index is -3.94. The Balaban J connectivity index is 2.78. The highest BCUT2D eigenvalue weighted by molar-refractivity contribution is 8.13. The van der Waals surface area contributed by atoms with Crippen LogP contribution in [0.3, 0.4) is 0 Å². The minimum Gasteiger partial charge on any atom is -0.211 e. The van der Waals surface area contributed by atoms with Crippen molar-refractivity contribution in [2.75, 3.05) is 6.54 Å². The summed E-state index contributed by atoms with van der Waals surface area (Å²) in [7, 11) is -2.44. The summed E-state index contributed by atoms with van der Waals surface area (Å²) < 4.78 is 48.8. The van der Waals surface area contributed by atoms with E-state index in [4.69, 9.17) is 10.7 Å². The van der Waals surface area contributed by atoms with Crippen molar-refractivity contribution in [3.05, 3.63) is 24.3 Å². The Morgan fingerprint density at radius 1 is 1.05 bits per heavy atom. The molecule has 0 spiro atoms. The standard InChI is InChI=1S/C12H18ClNO4S2/c1-2-3-4-5-9-14-20(17,18)12-8-6-7-11(10-12)19(13,15)16/h6-8,10,14H,2-5,9H2,1H3. The molecule has 5 nitrogen and oxygen atoms in total. The molecule has 20 heavy (non-hydrogen) atoms. The molecule has 0 fully saturated rings. The number of hydrogen-bond acceptors (Lipinski definition) is 4. The summed E-state index contributed by atoms with van der Waals surface area (Å²) >= 11 is 0. The molecule has 1 aromatic rings. The van der Waals surface area contributed by atoms with E-state index in [0.29, 0.717) is 6.54 Å². The molecule has 0 aromatic heterocycles. The van der Waals surface area contributed by atoms with E-state index in [9.17, 15) is 16.8 Å². The number of hydrogen-bond donors (Lipinski definition) is 1. The van der Waals surface area contributed by atoms with Crippen LogP contribution in [0.15, 0.2) is 34.1 Å². The first-order valence-electron chi connectivity index (χ1n) is 6.32. The highest BCUT2D eigenvalue weighted by Gasteiger charge is 2.17. The molecule has 0 unspecified atom stereocenters. The summed E-state index contributed by atoms with van der Waals surface area (Å²) in [5.74, 6) is 0. The van der Waals surface area contributed by atoms with Crippen molar-refractivity contribution in [2.45, 2.75) is 42.4 Å². The van der Waals surface area contributed by atoms with Gasteiger partial charge < -0.3 is 0 Å². The molecule has 1 N–H and O–H groups in total. The van der Waals surface area contributed by atoms with Crippen LogP contribution in [0, 0.1) is 0 Å².